The van der Waals surface area contributed by atoms with Gasteiger partial charge in [-0.2, -0.15) is 0 Å². The van der Waals surface area contributed by atoms with Crippen molar-refractivity contribution in [3.8, 4) is 5.75 Å². The van der Waals surface area contributed by atoms with Gasteiger partial charge in [0.25, 0.3) is 17.1 Å². The summed E-state index contributed by atoms with van der Waals surface area (Å²) < 4.78 is 6.03. The molecule has 0 aliphatic rings. The zero-order valence-corrected chi connectivity index (χ0v) is 12.1. The predicted molar refractivity (Wildman–Crippen MR) is 78.0 cm³/mol. The van der Waals surface area contributed by atoms with E-state index in [1.165, 1.54) is 31.6 Å². The van der Waals surface area contributed by atoms with Gasteiger partial charge in [-0.05, 0) is 0 Å². The van der Waals surface area contributed by atoms with Crippen LogP contribution >= 0.6 is 0 Å². The molecular formula is C12H9N5O7. The van der Waals surface area contributed by atoms with E-state index < -0.39 is 37.5 Å². The largest absolute Gasteiger partial charge is 0.496 e. The number of benzene rings is 1. The van der Waals surface area contributed by atoms with E-state index in [9.17, 15) is 30.3 Å². The van der Waals surface area contributed by atoms with Gasteiger partial charge in [-0.25, -0.2) is 4.68 Å². The number of methoxy groups -OCH3 is 1. The molecule has 2 aromatic rings. The molecule has 0 atom stereocenters. The molecule has 0 saturated heterocycles. The number of nitrogens with zero attached hydrogens (tertiary/aromatic N) is 5. The van der Waals surface area contributed by atoms with Crippen LogP contribution in [0, 0.1) is 30.3 Å². The number of non-ortho nitro benzene ring substituents is 1. The van der Waals surface area contributed by atoms with E-state index in [4.69, 9.17) is 4.74 Å². The summed E-state index contributed by atoms with van der Waals surface area (Å²) in [6.07, 6.45) is 2.71. The summed E-state index contributed by atoms with van der Waals surface area (Å²) in [5, 5.41) is 33.1. The van der Waals surface area contributed by atoms with Gasteiger partial charge in [0.05, 0.1) is 39.7 Å². The molecule has 12 heteroatoms. The first-order valence-electron chi connectivity index (χ1n) is 6.22. The number of nitro groups is 3. The highest BCUT2D eigenvalue weighted by atomic mass is 16.6. The number of hydrogen-bond acceptors (Lipinski definition) is 7. The minimum atomic E-state index is -0.969. The Morgan fingerprint density at radius 3 is 1.83 bits per heavy atom. The number of pyridine rings is 1. The Labute approximate surface area is 133 Å². The highest BCUT2D eigenvalue weighted by molar-refractivity contribution is 5.78. The van der Waals surface area contributed by atoms with Crippen molar-refractivity contribution in [2.75, 3.05) is 7.11 Å². The molecule has 24 heavy (non-hydrogen) atoms. The summed E-state index contributed by atoms with van der Waals surface area (Å²) in [6, 6.07) is 4.20. The van der Waals surface area contributed by atoms with Crippen LogP contribution in [0.1, 0.15) is 0 Å². The maximum Gasteiger partial charge on any atom is 0.283 e. The van der Waals surface area contributed by atoms with Crippen LogP contribution < -0.4 is 9.41 Å². The minimum absolute atomic E-state index is 0.481. The van der Waals surface area contributed by atoms with Crippen LogP contribution in [0.2, 0.25) is 0 Å². The van der Waals surface area contributed by atoms with Gasteiger partial charge in [0.2, 0.25) is 0 Å². The summed E-state index contributed by atoms with van der Waals surface area (Å²) >= 11 is 0. The molecular weight excluding hydrogens is 326 g/mol. The maximum absolute atomic E-state index is 11.1. The van der Waals surface area contributed by atoms with E-state index in [0.29, 0.717) is 17.9 Å². The van der Waals surface area contributed by atoms with Crippen molar-refractivity contribution in [3.05, 3.63) is 72.4 Å². The first kappa shape index (κ1) is 16.5. The van der Waals surface area contributed by atoms with Gasteiger partial charge in [0.15, 0.2) is 12.4 Å². The quantitative estimate of drug-likeness (QED) is 0.444. The van der Waals surface area contributed by atoms with Crippen molar-refractivity contribution in [2.45, 2.75) is 0 Å². The van der Waals surface area contributed by atoms with Crippen molar-refractivity contribution >= 4 is 22.7 Å². The first-order valence-corrected chi connectivity index (χ1v) is 6.22. The standard InChI is InChI=1S/C12H9N5O7/c1-24-9-2-4-14(5-3-9)13-12-10(16(20)21)6-8(15(18)19)7-11(12)17(22)23/h2-7H,1H3. The Hall–Kier alpha value is -3.83. The third-order valence-corrected chi connectivity index (χ3v) is 2.89. The van der Waals surface area contributed by atoms with E-state index >= 15 is 0 Å². The van der Waals surface area contributed by atoms with Crippen molar-refractivity contribution < 1.29 is 24.2 Å². The lowest BCUT2D eigenvalue weighted by molar-refractivity contribution is -0.619. The Bertz CT molecular complexity index is 786. The van der Waals surface area contributed by atoms with Crippen molar-refractivity contribution in [1.29, 1.82) is 0 Å². The molecule has 1 aromatic carbocycles. The van der Waals surface area contributed by atoms with Crippen LogP contribution in [0.5, 0.6) is 5.75 Å². The first-order chi connectivity index (χ1) is 11.3. The van der Waals surface area contributed by atoms with E-state index in [1.807, 2.05) is 0 Å². The lowest BCUT2D eigenvalue weighted by Crippen LogP contribution is -2.26. The molecule has 0 bridgehead atoms. The van der Waals surface area contributed by atoms with E-state index in [2.05, 4.69) is 5.43 Å². The molecule has 0 amide bonds. The highest BCUT2D eigenvalue weighted by Crippen LogP contribution is 2.41. The molecule has 12 nitrogen and oxygen atoms in total. The number of nitro benzene ring substituents is 3. The normalized spacial score (nSPS) is 10.0. The van der Waals surface area contributed by atoms with Gasteiger partial charge in [0.1, 0.15) is 5.75 Å². The van der Waals surface area contributed by atoms with Crippen molar-refractivity contribution in [1.82, 2.24) is 0 Å². The molecule has 0 saturated carbocycles. The van der Waals surface area contributed by atoms with Crippen LogP contribution in [0.3, 0.4) is 0 Å². The third kappa shape index (κ3) is 3.32. The summed E-state index contributed by atoms with van der Waals surface area (Å²) in [7, 11) is 1.43. The average molecular weight is 335 g/mol. The fourth-order valence-electron chi connectivity index (χ4n) is 1.80. The van der Waals surface area contributed by atoms with Crippen LogP contribution in [0.4, 0.5) is 22.7 Å². The lowest BCUT2D eigenvalue weighted by Gasteiger charge is -2.14. The van der Waals surface area contributed by atoms with Gasteiger partial charge in [0, 0.05) is 12.1 Å². The Morgan fingerprint density at radius 2 is 1.46 bits per heavy atom. The third-order valence-electron chi connectivity index (χ3n) is 2.89. The Morgan fingerprint density at radius 1 is 0.958 bits per heavy atom. The molecule has 0 unspecified atom stereocenters. The number of hydrogen-bond donors (Lipinski definition) is 0. The molecule has 1 aromatic heterocycles. The molecule has 0 aliphatic carbocycles. The average Bonchev–Trinajstić information content (AvgIpc) is 2.54. The zero-order valence-electron chi connectivity index (χ0n) is 12.1. The molecule has 0 spiro atoms. The summed E-state index contributed by atoms with van der Waals surface area (Å²) in [6.45, 7) is 0. The van der Waals surface area contributed by atoms with E-state index in [0.717, 1.165) is 4.68 Å². The summed E-state index contributed by atoms with van der Waals surface area (Å²) in [5.74, 6) is 0.481. The van der Waals surface area contributed by atoms with Crippen LogP contribution in [-0.4, -0.2) is 21.9 Å². The molecule has 0 fully saturated rings. The van der Waals surface area contributed by atoms with Crippen LogP contribution in [0.25, 0.3) is 5.43 Å². The lowest BCUT2D eigenvalue weighted by atomic mass is 10.2. The van der Waals surface area contributed by atoms with Gasteiger partial charge in [-0.1, -0.05) is 0 Å². The fraction of sp³-hybridized carbons (Fsp3) is 0.0833. The van der Waals surface area contributed by atoms with Crippen molar-refractivity contribution in [2.24, 2.45) is 0 Å². The number of aromatic nitrogens is 1. The Balaban J connectivity index is 2.58. The molecule has 124 valence electrons. The molecule has 0 aliphatic heterocycles. The van der Waals surface area contributed by atoms with Crippen molar-refractivity contribution in [3.63, 3.8) is 0 Å². The smallest absolute Gasteiger partial charge is 0.283 e. The Kier molecular flexibility index (Phi) is 4.49. The topological polar surface area (TPSA) is 157 Å². The van der Waals surface area contributed by atoms with E-state index in [1.54, 1.807) is 0 Å². The summed E-state index contributed by atoms with van der Waals surface area (Å²) in [4.78, 5) is 30.2. The SMILES string of the molecule is COc1cc[n+]([N-]c2c([N+](=O)[O-])cc([N+](=O)[O-])cc2[N+](=O)[O-])cc1. The molecule has 0 N–H and O–H groups in total. The second-order valence-corrected chi connectivity index (χ2v) is 4.32. The zero-order chi connectivity index (χ0) is 17.9. The fourth-order valence-corrected chi connectivity index (χ4v) is 1.80. The monoisotopic (exact) mass is 335 g/mol. The number of rotatable bonds is 6. The number of ether oxygens (including phenoxy) is 1. The van der Waals surface area contributed by atoms with Crippen LogP contribution in [0.15, 0.2) is 36.7 Å². The van der Waals surface area contributed by atoms with Gasteiger partial charge in [-0.15, -0.1) is 0 Å². The maximum atomic E-state index is 11.1. The van der Waals surface area contributed by atoms with E-state index in [-0.39, 0.29) is 0 Å². The predicted octanol–water partition coefficient (Wildman–Crippen LogP) is 2.18. The van der Waals surface area contributed by atoms with Crippen LogP contribution in [-0.2, 0) is 0 Å². The highest BCUT2D eigenvalue weighted by Gasteiger charge is 2.27. The second-order valence-electron chi connectivity index (χ2n) is 4.32. The molecule has 0 radical (unpaired) electrons. The van der Waals surface area contributed by atoms with Gasteiger partial charge < -0.3 is 10.2 Å². The summed E-state index contributed by atoms with van der Waals surface area (Å²) in [5.41, 5.74) is 0.742. The molecule has 1 heterocycles. The minimum Gasteiger partial charge on any atom is -0.496 e. The van der Waals surface area contributed by atoms with Gasteiger partial charge in [-0.3, -0.25) is 30.3 Å². The molecule has 2 rings (SSSR count). The second kappa shape index (κ2) is 6.51. The van der Waals surface area contributed by atoms with Gasteiger partial charge >= 0.3 is 0 Å².